The van der Waals surface area contributed by atoms with E-state index in [4.69, 9.17) is 25.7 Å². The monoisotopic (exact) mass is 1380 g/mol. The van der Waals surface area contributed by atoms with Gasteiger partial charge in [0.2, 0.25) is 53.2 Å². The maximum absolute atomic E-state index is 14.8. The molecule has 0 aromatic heterocycles. The van der Waals surface area contributed by atoms with Crippen LogP contribution in [0.3, 0.4) is 0 Å². The second-order valence-electron chi connectivity index (χ2n) is 24.1. The van der Waals surface area contributed by atoms with Gasteiger partial charge in [0.1, 0.15) is 84.3 Å². The van der Waals surface area contributed by atoms with E-state index in [2.05, 4.69) is 49.5 Å². The van der Waals surface area contributed by atoms with Crippen molar-refractivity contribution in [3.05, 3.63) is 41.6 Å². The van der Waals surface area contributed by atoms with Crippen LogP contribution in [0.1, 0.15) is 137 Å². The van der Waals surface area contributed by atoms with Gasteiger partial charge in [-0.25, -0.2) is 4.79 Å². The number of allylic oxidation sites excluding steroid dienone is 1. The maximum Gasteiger partial charge on any atom is 0.329 e. The highest BCUT2D eigenvalue weighted by atomic mass is 16.7. The number of aliphatic hydroxyl groups is 8. The molecule has 0 spiro atoms. The number of phenols is 1. The van der Waals surface area contributed by atoms with Crippen molar-refractivity contribution < 1.29 is 118 Å². The molecule has 2 saturated heterocycles. The Balaban J connectivity index is 2.26. The molecule has 35 nitrogen and oxygen atoms in total. The lowest BCUT2D eigenvalue weighted by Crippen LogP contribution is -2.64. The van der Waals surface area contributed by atoms with Gasteiger partial charge >= 0.3 is 5.97 Å². The second-order valence-corrected chi connectivity index (χ2v) is 24.1. The third kappa shape index (κ3) is 26.7. The van der Waals surface area contributed by atoms with Gasteiger partial charge in [0, 0.05) is 26.3 Å². The summed E-state index contributed by atoms with van der Waals surface area (Å²) in [4.78, 5) is 168. The minimum atomic E-state index is -2.30. The number of cyclic esters (lactones) is 1. The van der Waals surface area contributed by atoms with E-state index in [0.717, 1.165) is 85.8 Å². The average molecular weight is 1380 g/mol. The van der Waals surface area contributed by atoms with Crippen molar-refractivity contribution in [1.82, 2.24) is 47.4 Å². The van der Waals surface area contributed by atoms with Gasteiger partial charge in [-0.1, -0.05) is 82.9 Å². The lowest BCUT2D eigenvalue weighted by molar-refractivity contribution is -0.312. The molecule has 21 N–H and O–H groups in total. The van der Waals surface area contributed by atoms with Crippen molar-refractivity contribution in [3.8, 4) is 5.75 Å². The molecule has 2 fully saturated rings. The van der Waals surface area contributed by atoms with E-state index in [0.29, 0.717) is 17.7 Å². The number of primary amides is 2. The fourth-order valence-electron chi connectivity index (χ4n) is 10.4. The molecule has 35 heteroatoms. The Morgan fingerprint density at radius 3 is 1.87 bits per heavy atom. The van der Waals surface area contributed by atoms with Crippen LogP contribution in [0.25, 0.3) is 0 Å². The number of esters is 1. The second kappa shape index (κ2) is 41.3. The first-order valence-corrected chi connectivity index (χ1v) is 32.2. The number of unbranched alkanes of at least 4 members (excludes halogenated alkanes) is 8. The van der Waals surface area contributed by atoms with Crippen molar-refractivity contribution in [2.24, 2.45) is 11.5 Å². The van der Waals surface area contributed by atoms with Crippen LogP contribution in [0.4, 0.5) is 0 Å². The Morgan fingerprint density at radius 1 is 0.732 bits per heavy atom. The Morgan fingerprint density at radius 2 is 1.31 bits per heavy atom. The van der Waals surface area contributed by atoms with Gasteiger partial charge in [0.05, 0.1) is 37.6 Å². The quantitative estimate of drug-likeness (QED) is 0.0202. The highest BCUT2D eigenvalue weighted by molar-refractivity contribution is 6.02. The van der Waals surface area contributed by atoms with Crippen LogP contribution in [0, 0.1) is 0 Å². The molecule has 3 rings (SSSR count). The molecule has 0 unspecified atom stereocenters. The predicted molar refractivity (Wildman–Crippen MR) is 339 cm³/mol. The third-order valence-corrected chi connectivity index (χ3v) is 16.2. The van der Waals surface area contributed by atoms with Crippen LogP contribution in [-0.2, 0) is 78.2 Å². The van der Waals surface area contributed by atoms with Crippen LogP contribution in [-0.4, -0.2) is 252 Å². The summed E-state index contributed by atoms with van der Waals surface area (Å²) in [7, 11) is 0.982. The van der Waals surface area contributed by atoms with Crippen LogP contribution < -0.4 is 54.0 Å². The zero-order chi connectivity index (χ0) is 73.0. The van der Waals surface area contributed by atoms with Crippen molar-refractivity contribution in [3.63, 3.8) is 0 Å². The number of nitrogens with two attached hydrogens (primary N) is 2. The number of nitrogens with zero attached hydrogens (tertiary/aromatic N) is 1. The zero-order valence-corrected chi connectivity index (χ0v) is 55.6. The predicted octanol–water partition coefficient (Wildman–Crippen LogP) is -6.11. The van der Waals surface area contributed by atoms with E-state index < -0.39 is 232 Å². The molecule has 0 aliphatic carbocycles. The number of benzene rings is 1. The minimum absolute atomic E-state index is 0.0402. The lowest BCUT2D eigenvalue weighted by atomic mass is 9.99. The van der Waals surface area contributed by atoms with E-state index in [9.17, 15) is 103 Å². The highest BCUT2D eigenvalue weighted by Gasteiger charge is 2.47. The van der Waals surface area contributed by atoms with E-state index in [1.165, 1.54) is 31.2 Å². The van der Waals surface area contributed by atoms with Gasteiger partial charge in [-0.05, 0) is 71.6 Å². The number of ether oxygens (including phenoxy) is 3. The molecule has 1 aromatic rings. The van der Waals surface area contributed by atoms with Crippen molar-refractivity contribution in [2.45, 2.75) is 247 Å². The van der Waals surface area contributed by atoms with Crippen molar-refractivity contribution >= 4 is 70.9 Å². The number of aromatic hydroxyl groups is 1. The first kappa shape index (κ1) is 83.2. The molecule has 546 valence electrons. The number of amides is 11. The van der Waals surface area contributed by atoms with Gasteiger partial charge in [0.15, 0.2) is 12.4 Å². The van der Waals surface area contributed by atoms with Crippen molar-refractivity contribution in [2.75, 3.05) is 20.2 Å². The summed E-state index contributed by atoms with van der Waals surface area (Å²) in [6, 6.07) is -8.97. The number of phenolic OH excluding ortho intramolecular Hbond substituents is 1. The number of aliphatic hydroxyl groups excluding tert-OH is 8. The first-order chi connectivity index (χ1) is 45.7. The molecule has 1 aromatic carbocycles. The number of rotatable bonds is 29. The van der Waals surface area contributed by atoms with E-state index in [1.807, 2.05) is 0 Å². The molecule has 0 saturated carbocycles. The molecular formula is C62H99N11O24. The molecule has 11 amide bonds. The fraction of sp³-hybridized carbons (Fsp3) is 0.677. The first-order valence-electron chi connectivity index (χ1n) is 32.2. The molecule has 0 radical (unpaired) electrons. The van der Waals surface area contributed by atoms with E-state index >= 15 is 0 Å². The maximum atomic E-state index is 14.8. The normalized spacial score (nSPS) is 27.1. The van der Waals surface area contributed by atoms with Gasteiger partial charge in [-0.15, -0.1) is 0 Å². The van der Waals surface area contributed by atoms with Crippen LogP contribution in [0.5, 0.6) is 5.75 Å². The standard InChI is InChI=1S/C62H99N11O24/c1-8-10-11-12-13-14-15-16-17-18-40(78)49(82)60(93)71-46(31(4)76)57(90)72-47-32(5)95-61(94)38(24-26-43(64)80)68-59(92)48(33(6)96-62-52(85)51(84)50(83)41(29-74)97-62)73(7)44(81)28-65-53(86)37(23-25-42(63)79)67-54(87)36(9-2)66-55(88)39(27-34-19-21-35(77)22-20-34)69-56(89)45(30(3)75)70-58(47)91/h9,19-22,30-33,37-41,45-52,62,74-78,82-85H,8,10-18,23-29H2,1-7H3,(H2,63,79)(H2,64,80)(H,65,86)(H,66,88)(H,67,87)(H,68,92)(H,69,89)(H,70,91)(H,71,93)(H,72,90)/b36-9-/t30-,31+,32+,33-,37+,38-,39-,40+,41-,45-,46+,47-,48+,49-,50-,51+,52+,62-/m1/s1. The summed E-state index contributed by atoms with van der Waals surface area (Å²) in [5.74, 6) is -15.4. The SMILES string of the molecule is C/C=C1\NC(=O)[C@@H](Cc2ccc(O)cc2)NC(=O)[C@@H]([C@@H](C)O)NC(=O)[C@H](NC(=O)[C@@H](NC(=O)[C@H](O)[C@@H](O)CCCCCCCCCCC)[C@H](C)O)[C@H](C)OC(=O)[C@@H](CCC(N)=O)NC(=O)[C@H]([C@@H](C)O[C@@H]2O[C@H](CO)[C@@H](O)[C@H](O)[C@@H]2O)N(C)C(=O)CNC(=O)[C@H](CCC(N)=O)NC1=O. The van der Waals surface area contributed by atoms with Gasteiger partial charge in [0.25, 0.3) is 11.8 Å². The summed E-state index contributed by atoms with van der Waals surface area (Å²) in [5.41, 5.74) is 10.5. The summed E-state index contributed by atoms with van der Waals surface area (Å²) in [6.07, 6.45) is -14.6. The van der Waals surface area contributed by atoms with Gasteiger partial charge in [-0.2, -0.15) is 0 Å². The lowest BCUT2D eigenvalue weighted by Gasteiger charge is -2.42. The molecule has 97 heavy (non-hydrogen) atoms. The highest BCUT2D eigenvalue weighted by Crippen LogP contribution is 2.25. The Hall–Kier alpha value is -8.00. The largest absolute Gasteiger partial charge is 0.508 e. The molecule has 2 aliphatic rings. The number of nitrogens with one attached hydrogen (secondary N) is 8. The zero-order valence-electron chi connectivity index (χ0n) is 55.6. The number of hydrogen-bond donors (Lipinski definition) is 19. The van der Waals surface area contributed by atoms with Crippen molar-refractivity contribution in [1.29, 1.82) is 0 Å². The molecule has 2 aliphatic heterocycles. The molecule has 0 bridgehead atoms. The van der Waals surface area contributed by atoms with Crippen LogP contribution >= 0.6 is 0 Å². The summed E-state index contributed by atoms with van der Waals surface area (Å²) >= 11 is 0. The van der Waals surface area contributed by atoms with Crippen LogP contribution in [0.15, 0.2) is 36.0 Å². The van der Waals surface area contributed by atoms with Gasteiger partial charge in [-0.3, -0.25) is 52.7 Å². The Kier molecular flexibility index (Phi) is 35.4. The Labute approximate surface area is 560 Å². The van der Waals surface area contributed by atoms with Gasteiger partial charge < -0.3 is 119 Å². The number of carbonyl (C=O) groups excluding carboxylic acids is 12. The number of likely N-dealkylation sites (N-methyl/N-ethyl adjacent to an activating group) is 1. The summed E-state index contributed by atoms with van der Waals surface area (Å²) < 4.78 is 17.0. The van der Waals surface area contributed by atoms with Crippen LogP contribution in [0.2, 0.25) is 0 Å². The Bertz CT molecular complexity index is 2850. The fourth-order valence-corrected chi connectivity index (χ4v) is 10.4. The number of carbonyl (C=O) groups is 12. The van der Waals surface area contributed by atoms with E-state index in [1.54, 1.807) is 0 Å². The third-order valence-electron chi connectivity index (χ3n) is 16.2. The molecular weight excluding hydrogens is 1280 g/mol. The summed E-state index contributed by atoms with van der Waals surface area (Å²) in [5, 5.41) is 114. The molecule has 18 atom stereocenters. The topological polar surface area (TPSA) is 566 Å². The smallest absolute Gasteiger partial charge is 0.329 e. The number of hydrogen-bond acceptors (Lipinski definition) is 24. The summed E-state index contributed by atoms with van der Waals surface area (Å²) in [6.45, 7) is 5.52. The molecule has 2 heterocycles. The average Bonchev–Trinajstić information content (AvgIpc) is 1.25. The minimum Gasteiger partial charge on any atom is -0.508 e. The van der Waals surface area contributed by atoms with E-state index in [-0.39, 0.29) is 17.7 Å².